The van der Waals surface area contributed by atoms with Crippen LogP contribution in [0.2, 0.25) is 10.0 Å². The van der Waals surface area contributed by atoms with E-state index >= 15 is 0 Å². The van der Waals surface area contributed by atoms with Gasteiger partial charge in [0, 0.05) is 32.7 Å². The number of rotatable bonds is 13. The molecule has 1 fully saturated rings. The summed E-state index contributed by atoms with van der Waals surface area (Å²) < 4.78 is 35.5. The molecular formula is C33H38BrCl2N3O5S. The maximum Gasteiger partial charge on any atom is 0.264 e. The number of ether oxygens (including phenoxy) is 1. The maximum absolute atomic E-state index is 14.4. The third kappa shape index (κ3) is 8.93. The van der Waals surface area contributed by atoms with Crippen molar-refractivity contribution in [1.82, 2.24) is 10.2 Å². The van der Waals surface area contributed by atoms with Gasteiger partial charge in [-0.2, -0.15) is 0 Å². The minimum Gasteiger partial charge on any atom is -0.494 e. The Morgan fingerprint density at radius 2 is 1.58 bits per heavy atom. The lowest BCUT2D eigenvalue weighted by Gasteiger charge is -2.34. The molecule has 8 nitrogen and oxygen atoms in total. The molecule has 45 heavy (non-hydrogen) atoms. The van der Waals surface area contributed by atoms with Crippen LogP contribution in [0, 0.1) is 0 Å². The summed E-state index contributed by atoms with van der Waals surface area (Å²) in [5.74, 6) is -0.301. The van der Waals surface area contributed by atoms with Gasteiger partial charge in [-0.1, -0.05) is 71.4 Å². The third-order valence-corrected chi connectivity index (χ3v) is 10.9. The Hall–Kier alpha value is -2.79. The van der Waals surface area contributed by atoms with Crippen molar-refractivity contribution in [1.29, 1.82) is 0 Å². The van der Waals surface area contributed by atoms with Crippen LogP contribution >= 0.6 is 39.1 Å². The molecule has 12 heteroatoms. The van der Waals surface area contributed by atoms with Crippen LogP contribution in [-0.2, 0) is 26.2 Å². The predicted octanol–water partition coefficient (Wildman–Crippen LogP) is 7.61. The van der Waals surface area contributed by atoms with Gasteiger partial charge in [0.25, 0.3) is 10.0 Å². The normalized spacial score (nSPS) is 14.4. The predicted molar refractivity (Wildman–Crippen MR) is 182 cm³/mol. The Balaban J connectivity index is 1.74. The van der Waals surface area contributed by atoms with E-state index < -0.39 is 28.5 Å². The zero-order valence-electron chi connectivity index (χ0n) is 25.3. The fraction of sp³-hybridized carbons (Fsp3) is 0.394. The van der Waals surface area contributed by atoms with Crippen LogP contribution in [0.15, 0.2) is 76.1 Å². The number of anilines is 1. The molecule has 4 rings (SSSR count). The molecule has 0 spiro atoms. The number of nitrogens with one attached hydrogen (secondary N) is 1. The quantitative estimate of drug-likeness (QED) is 0.195. The highest BCUT2D eigenvalue weighted by Gasteiger charge is 2.35. The molecule has 0 heterocycles. The summed E-state index contributed by atoms with van der Waals surface area (Å²) in [6.45, 7) is 3.47. The summed E-state index contributed by atoms with van der Waals surface area (Å²) in [6.07, 6.45) is 5.25. The summed E-state index contributed by atoms with van der Waals surface area (Å²) in [7, 11) is -4.22. The minimum absolute atomic E-state index is 0.00941. The second-order valence-electron chi connectivity index (χ2n) is 10.9. The lowest BCUT2D eigenvalue weighted by molar-refractivity contribution is -0.140. The molecule has 1 N–H and O–H groups in total. The molecule has 0 radical (unpaired) electrons. The van der Waals surface area contributed by atoms with Crippen LogP contribution in [0.4, 0.5) is 5.69 Å². The Kier molecular flexibility index (Phi) is 12.6. The molecule has 0 aromatic heterocycles. The van der Waals surface area contributed by atoms with E-state index in [1.807, 2.05) is 13.8 Å². The summed E-state index contributed by atoms with van der Waals surface area (Å²) in [5, 5.41) is 3.82. The average molecular weight is 740 g/mol. The van der Waals surface area contributed by atoms with Gasteiger partial charge in [0.2, 0.25) is 11.8 Å². The van der Waals surface area contributed by atoms with Gasteiger partial charge in [-0.25, -0.2) is 8.42 Å². The van der Waals surface area contributed by atoms with Crippen molar-refractivity contribution in [3.63, 3.8) is 0 Å². The zero-order valence-corrected chi connectivity index (χ0v) is 29.3. The SMILES string of the molecule is CCOc1ccc(N(CC(=O)N(Cc2c(Cl)cccc2Cl)[C@H](CC)C(=O)NC2CCCCC2)S(=O)(=O)c2ccc(Br)cc2)cc1. The Morgan fingerprint density at radius 1 is 0.956 bits per heavy atom. The van der Waals surface area contributed by atoms with E-state index in [2.05, 4.69) is 21.2 Å². The zero-order chi connectivity index (χ0) is 32.6. The third-order valence-electron chi connectivity index (χ3n) is 7.84. The molecule has 0 aliphatic heterocycles. The summed E-state index contributed by atoms with van der Waals surface area (Å²) in [5.41, 5.74) is 0.742. The van der Waals surface area contributed by atoms with Crippen LogP contribution in [0.3, 0.4) is 0 Å². The van der Waals surface area contributed by atoms with E-state index in [0.717, 1.165) is 36.4 Å². The molecule has 1 aliphatic rings. The fourth-order valence-electron chi connectivity index (χ4n) is 5.46. The number of hydrogen-bond acceptors (Lipinski definition) is 5. The van der Waals surface area contributed by atoms with Crippen molar-refractivity contribution >= 4 is 66.7 Å². The van der Waals surface area contributed by atoms with Crippen molar-refractivity contribution in [2.24, 2.45) is 0 Å². The first-order valence-corrected chi connectivity index (χ1v) is 18.1. The van der Waals surface area contributed by atoms with Gasteiger partial charge in [-0.15, -0.1) is 0 Å². The van der Waals surface area contributed by atoms with Crippen LogP contribution in [0.25, 0.3) is 0 Å². The number of benzene rings is 3. The van der Waals surface area contributed by atoms with E-state index in [4.69, 9.17) is 27.9 Å². The molecule has 0 unspecified atom stereocenters. The van der Waals surface area contributed by atoms with E-state index in [0.29, 0.717) is 38.9 Å². The van der Waals surface area contributed by atoms with Crippen molar-refractivity contribution in [2.45, 2.75) is 75.9 Å². The second-order valence-corrected chi connectivity index (χ2v) is 14.5. The van der Waals surface area contributed by atoms with Crippen LogP contribution in [0.1, 0.15) is 57.9 Å². The van der Waals surface area contributed by atoms with E-state index in [9.17, 15) is 18.0 Å². The van der Waals surface area contributed by atoms with Gasteiger partial charge >= 0.3 is 0 Å². The van der Waals surface area contributed by atoms with E-state index in [1.54, 1.807) is 54.6 Å². The minimum atomic E-state index is -4.22. The van der Waals surface area contributed by atoms with Gasteiger partial charge in [0.1, 0.15) is 18.3 Å². The van der Waals surface area contributed by atoms with Gasteiger partial charge in [0.15, 0.2) is 0 Å². The number of carbonyl (C=O) groups is 2. The number of amides is 2. The molecule has 1 saturated carbocycles. The summed E-state index contributed by atoms with van der Waals surface area (Å²) in [6, 6.07) is 16.9. The highest BCUT2D eigenvalue weighted by molar-refractivity contribution is 9.10. The second kappa shape index (κ2) is 16.2. The molecule has 1 atom stereocenters. The molecule has 0 bridgehead atoms. The molecule has 3 aromatic carbocycles. The molecule has 242 valence electrons. The number of carbonyl (C=O) groups excluding carboxylic acids is 2. The highest BCUT2D eigenvalue weighted by Crippen LogP contribution is 2.30. The van der Waals surface area contributed by atoms with E-state index in [-0.39, 0.29) is 29.1 Å². The summed E-state index contributed by atoms with van der Waals surface area (Å²) >= 11 is 16.4. The van der Waals surface area contributed by atoms with E-state index in [1.165, 1.54) is 17.0 Å². The number of halogens is 3. The summed E-state index contributed by atoms with van der Waals surface area (Å²) in [4.78, 5) is 29.5. The maximum atomic E-state index is 14.4. The lowest BCUT2D eigenvalue weighted by Crippen LogP contribution is -2.54. The molecule has 0 saturated heterocycles. The largest absolute Gasteiger partial charge is 0.494 e. The Bertz CT molecular complexity index is 1550. The fourth-order valence-corrected chi connectivity index (χ4v) is 7.65. The van der Waals surface area contributed by atoms with Gasteiger partial charge in [-0.05, 0) is 86.8 Å². The number of sulfonamides is 1. The molecular weight excluding hydrogens is 701 g/mol. The van der Waals surface area contributed by atoms with Crippen LogP contribution in [0.5, 0.6) is 5.75 Å². The van der Waals surface area contributed by atoms with Crippen molar-refractivity contribution in [2.75, 3.05) is 17.5 Å². The van der Waals surface area contributed by atoms with Crippen LogP contribution in [-0.4, -0.2) is 50.4 Å². The van der Waals surface area contributed by atoms with Gasteiger partial charge < -0.3 is 15.0 Å². The molecule has 1 aliphatic carbocycles. The van der Waals surface area contributed by atoms with Crippen molar-refractivity contribution < 1.29 is 22.7 Å². The monoisotopic (exact) mass is 737 g/mol. The van der Waals surface area contributed by atoms with Crippen molar-refractivity contribution in [3.05, 3.63) is 86.8 Å². The lowest BCUT2D eigenvalue weighted by atomic mass is 9.95. The Labute approximate surface area is 284 Å². The molecule has 2 amide bonds. The number of hydrogen-bond donors (Lipinski definition) is 1. The first-order valence-electron chi connectivity index (χ1n) is 15.1. The highest BCUT2D eigenvalue weighted by atomic mass is 79.9. The number of nitrogens with zero attached hydrogens (tertiary/aromatic N) is 2. The standard InChI is InChI=1S/C33H38BrCl2N3O5S/c1-3-31(33(41)37-24-9-6-5-7-10-24)38(21-28-29(35)11-8-12-30(28)36)32(40)22-39(25-15-17-26(18-16-25)44-4-2)45(42,43)27-19-13-23(34)14-20-27/h8,11-20,24,31H,3-7,9-10,21-22H2,1-2H3,(H,37,41)/t31-/m1/s1. The first kappa shape index (κ1) is 35.1. The van der Waals surface area contributed by atoms with Crippen LogP contribution < -0.4 is 14.4 Å². The smallest absolute Gasteiger partial charge is 0.264 e. The first-order chi connectivity index (χ1) is 21.5. The average Bonchev–Trinajstić information content (AvgIpc) is 3.02. The topological polar surface area (TPSA) is 96.0 Å². The van der Waals surface area contributed by atoms with Gasteiger partial charge in [-0.3, -0.25) is 13.9 Å². The van der Waals surface area contributed by atoms with Gasteiger partial charge in [0.05, 0.1) is 17.2 Å². The Morgan fingerprint density at radius 3 is 2.16 bits per heavy atom. The van der Waals surface area contributed by atoms with Crippen molar-refractivity contribution in [3.8, 4) is 5.75 Å². The molecule has 3 aromatic rings.